The van der Waals surface area contributed by atoms with Gasteiger partial charge in [-0.05, 0) is 54.2 Å². The van der Waals surface area contributed by atoms with E-state index in [0.29, 0.717) is 12.8 Å². The standard InChI is InChI=1S/C16H17FO2/c17-15-5-1-3-12(9-15)7-14(11-18)8-13-4-2-6-16(19)10-13/h1-6,9-10,14,18-19H,7-8,11H2. The van der Waals surface area contributed by atoms with Crippen molar-refractivity contribution < 1.29 is 14.6 Å². The van der Waals surface area contributed by atoms with Crippen molar-refractivity contribution in [1.29, 1.82) is 0 Å². The Bertz CT molecular complexity index is 492. The lowest BCUT2D eigenvalue weighted by Crippen LogP contribution is -2.13. The first kappa shape index (κ1) is 13.6. The summed E-state index contributed by atoms with van der Waals surface area (Å²) in [5.74, 6) is -0.0184. The molecule has 0 radical (unpaired) electrons. The minimum Gasteiger partial charge on any atom is -0.508 e. The van der Waals surface area contributed by atoms with Gasteiger partial charge in [0.2, 0.25) is 0 Å². The minimum absolute atomic E-state index is 0.0172. The number of hydrogen-bond donors (Lipinski definition) is 2. The second kappa shape index (κ2) is 6.34. The third-order valence-electron chi connectivity index (χ3n) is 3.11. The molecule has 2 N–H and O–H groups in total. The zero-order valence-corrected chi connectivity index (χ0v) is 10.6. The summed E-state index contributed by atoms with van der Waals surface area (Å²) in [4.78, 5) is 0. The summed E-state index contributed by atoms with van der Waals surface area (Å²) in [5, 5.41) is 18.8. The van der Waals surface area contributed by atoms with Crippen molar-refractivity contribution in [2.45, 2.75) is 12.8 Å². The fraction of sp³-hybridized carbons (Fsp3) is 0.250. The maximum Gasteiger partial charge on any atom is 0.123 e. The lowest BCUT2D eigenvalue weighted by molar-refractivity contribution is 0.225. The zero-order chi connectivity index (χ0) is 13.7. The molecule has 2 aromatic carbocycles. The van der Waals surface area contributed by atoms with Gasteiger partial charge in [-0.15, -0.1) is 0 Å². The second-order valence-electron chi connectivity index (χ2n) is 4.76. The number of aliphatic hydroxyl groups is 1. The molecular formula is C16H17FO2. The van der Waals surface area contributed by atoms with Gasteiger partial charge >= 0.3 is 0 Å². The van der Waals surface area contributed by atoms with Gasteiger partial charge in [0.15, 0.2) is 0 Å². The van der Waals surface area contributed by atoms with E-state index in [1.165, 1.54) is 12.1 Å². The van der Waals surface area contributed by atoms with Crippen LogP contribution in [-0.2, 0) is 12.8 Å². The number of benzene rings is 2. The van der Waals surface area contributed by atoms with Crippen molar-refractivity contribution in [3.63, 3.8) is 0 Å². The predicted octanol–water partition coefficient (Wildman–Crippen LogP) is 2.93. The maximum atomic E-state index is 13.1. The lowest BCUT2D eigenvalue weighted by atomic mass is 9.93. The highest BCUT2D eigenvalue weighted by atomic mass is 19.1. The van der Waals surface area contributed by atoms with Crippen molar-refractivity contribution in [1.82, 2.24) is 0 Å². The van der Waals surface area contributed by atoms with Gasteiger partial charge in [-0.1, -0.05) is 24.3 Å². The van der Waals surface area contributed by atoms with Gasteiger partial charge in [-0.25, -0.2) is 4.39 Å². The van der Waals surface area contributed by atoms with Gasteiger partial charge in [0.25, 0.3) is 0 Å². The van der Waals surface area contributed by atoms with E-state index in [1.807, 2.05) is 12.1 Å². The molecule has 2 rings (SSSR count). The SMILES string of the molecule is OCC(Cc1cccc(O)c1)Cc1cccc(F)c1. The smallest absolute Gasteiger partial charge is 0.123 e. The Kier molecular flexibility index (Phi) is 4.53. The van der Waals surface area contributed by atoms with Crippen LogP contribution in [0.1, 0.15) is 11.1 Å². The topological polar surface area (TPSA) is 40.5 Å². The summed E-state index contributed by atoms with van der Waals surface area (Å²) >= 11 is 0. The van der Waals surface area contributed by atoms with Crippen molar-refractivity contribution in [3.05, 3.63) is 65.5 Å². The highest BCUT2D eigenvalue weighted by Gasteiger charge is 2.10. The fourth-order valence-corrected chi connectivity index (χ4v) is 2.22. The molecule has 0 amide bonds. The zero-order valence-electron chi connectivity index (χ0n) is 10.6. The molecule has 19 heavy (non-hydrogen) atoms. The van der Waals surface area contributed by atoms with Crippen LogP contribution in [0.25, 0.3) is 0 Å². The fourth-order valence-electron chi connectivity index (χ4n) is 2.22. The molecule has 0 saturated heterocycles. The molecule has 3 heteroatoms. The molecule has 0 aliphatic heterocycles. The monoisotopic (exact) mass is 260 g/mol. The molecule has 0 fully saturated rings. The molecular weight excluding hydrogens is 243 g/mol. The average molecular weight is 260 g/mol. The number of phenolic OH excluding ortho intramolecular Hbond substituents is 1. The van der Waals surface area contributed by atoms with E-state index in [1.54, 1.807) is 24.3 Å². The van der Waals surface area contributed by atoms with E-state index in [2.05, 4.69) is 0 Å². The quantitative estimate of drug-likeness (QED) is 0.867. The summed E-state index contributed by atoms with van der Waals surface area (Å²) in [7, 11) is 0. The Hall–Kier alpha value is -1.87. The highest BCUT2D eigenvalue weighted by molar-refractivity contribution is 5.27. The van der Waals surface area contributed by atoms with Crippen molar-refractivity contribution in [2.24, 2.45) is 5.92 Å². The normalized spacial score (nSPS) is 12.3. The molecule has 0 aliphatic carbocycles. The number of phenols is 1. The van der Waals surface area contributed by atoms with Crippen LogP contribution in [0.3, 0.4) is 0 Å². The summed E-state index contributed by atoms with van der Waals surface area (Å²) in [6.45, 7) is 0.0339. The van der Waals surface area contributed by atoms with Crippen LogP contribution in [0.5, 0.6) is 5.75 Å². The average Bonchev–Trinajstić information content (AvgIpc) is 2.38. The van der Waals surface area contributed by atoms with Crippen LogP contribution in [0.2, 0.25) is 0 Å². The summed E-state index contributed by atoms with van der Waals surface area (Å²) in [6.07, 6.45) is 1.27. The molecule has 0 aliphatic rings. The maximum absolute atomic E-state index is 13.1. The van der Waals surface area contributed by atoms with E-state index >= 15 is 0 Å². The predicted molar refractivity (Wildman–Crippen MR) is 72.5 cm³/mol. The Morgan fingerprint density at radius 2 is 1.58 bits per heavy atom. The van der Waals surface area contributed by atoms with E-state index in [0.717, 1.165) is 11.1 Å². The first-order chi connectivity index (χ1) is 9.17. The van der Waals surface area contributed by atoms with Crippen LogP contribution in [0.15, 0.2) is 48.5 Å². The molecule has 0 spiro atoms. The van der Waals surface area contributed by atoms with Crippen LogP contribution in [-0.4, -0.2) is 16.8 Å². The molecule has 0 aromatic heterocycles. The van der Waals surface area contributed by atoms with E-state index in [-0.39, 0.29) is 24.1 Å². The van der Waals surface area contributed by atoms with Gasteiger partial charge in [0.1, 0.15) is 11.6 Å². The summed E-state index contributed by atoms with van der Waals surface area (Å²) < 4.78 is 13.1. The van der Waals surface area contributed by atoms with Crippen LogP contribution in [0, 0.1) is 11.7 Å². The third kappa shape index (κ3) is 4.07. The number of halogens is 1. The molecule has 0 saturated carbocycles. The van der Waals surface area contributed by atoms with Gasteiger partial charge < -0.3 is 10.2 Å². The highest BCUT2D eigenvalue weighted by Crippen LogP contribution is 2.18. The Morgan fingerprint density at radius 1 is 0.947 bits per heavy atom. The van der Waals surface area contributed by atoms with E-state index in [9.17, 15) is 14.6 Å². The summed E-state index contributed by atoms with van der Waals surface area (Å²) in [6, 6.07) is 13.4. The second-order valence-corrected chi connectivity index (χ2v) is 4.76. The number of rotatable bonds is 5. The largest absolute Gasteiger partial charge is 0.508 e. The molecule has 100 valence electrons. The Morgan fingerprint density at radius 3 is 2.16 bits per heavy atom. The van der Waals surface area contributed by atoms with Crippen molar-refractivity contribution in [3.8, 4) is 5.75 Å². The van der Waals surface area contributed by atoms with Crippen LogP contribution < -0.4 is 0 Å². The van der Waals surface area contributed by atoms with E-state index < -0.39 is 0 Å². The molecule has 1 atom stereocenters. The van der Waals surface area contributed by atoms with Crippen LogP contribution in [0.4, 0.5) is 4.39 Å². The first-order valence-corrected chi connectivity index (χ1v) is 6.30. The van der Waals surface area contributed by atoms with Crippen molar-refractivity contribution >= 4 is 0 Å². The number of aromatic hydroxyl groups is 1. The van der Waals surface area contributed by atoms with Gasteiger partial charge in [0.05, 0.1) is 0 Å². The van der Waals surface area contributed by atoms with Gasteiger partial charge in [-0.2, -0.15) is 0 Å². The molecule has 0 heterocycles. The Balaban J connectivity index is 2.04. The number of hydrogen-bond acceptors (Lipinski definition) is 2. The van der Waals surface area contributed by atoms with Gasteiger partial charge in [-0.3, -0.25) is 0 Å². The van der Waals surface area contributed by atoms with Crippen molar-refractivity contribution in [2.75, 3.05) is 6.61 Å². The molecule has 0 bridgehead atoms. The van der Waals surface area contributed by atoms with E-state index in [4.69, 9.17) is 0 Å². The Labute approximate surface area is 112 Å². The lowest BCUT2D eigenvalue weighted by Gasteiger charge is -2.14. The van der Waals surface area contributed by atoms with Crippen LogP contribution >= 0.6 is 0 Å². The summed E-state index contributed by atoms with van der Waals surface area (Å²) in [5.41, 5.74) is 1.84. The minimum atomic E-state index is -0.258. The number of aliphatic hydroxyl groups excluding tert-OH is 1. The van der Waals surface area contributed by atoms with Gasteiger partial charge in [0, 0.05) is 6.61 Å². The molecule has 2 aromatic rings. The molecule has 1 unspecified atom stereocenters. The molecule has 2 nitrogen and oxygen atoms in total. The third-order valence-corrected chi connectivity index (χ3v) is 3.11. The first-order valence-electron chi connectivity index (χ1n) is 6.30.